The number of methoxy groups -OCH3 is 1. The van der Waals surface area contributed by atoms with Gasteiger partial charge < -0.3 is 10.1 Å². The number of nitrogens with zero attached hydrogens (tertiary/aromatic N) is 3. The highest BCUT2D eigenvalue weighted by Crippen LogP contribution is 2.19. The first-order valence-corrected chi connectivity index (χ1v) is 8.19. The zero-order valence-electron chi connectivity index (χ0n) is 12.0. The Kier molecular flexibility index (Phi) is 4.75. The van der Waals surface area contributed by atoms with E-state index in [0.717, 1.165) is 16.4 Å². The summed E-state index contributed by atoms with van der Waals surface area (Å²) in [5.74, 6) is 0.743. The van der Waals surface area contributed by atoms with E-state index < -0.39 is 0 Å². The number of rotatable bonds is 4. The Bertz CT molecular complexity index is 873. The average molecular weight is 366 g/mol. The fourth-order valence-corrected chi connectivity index (χ4v) is 3.07. The van der Waals surface area contributed by atoms with Crippen molar-refractivity contribution >= 4 is 57.1 Å². The normalized spacial score (nSPS) is 11.0. The molecule has 2 N–H and O–H groups in total. The van der Waals surface area contributed by atoms with Crippen molar-refractivity contribution in [3.05, 3.63) is 46.7 Å². The number of anilines is 1. The number of hydrazone groups is 1. The van der Waals surface area contributed by atoms with Crippen LogP contribution in [0, 0.1) is 0 Å². The molecule has 0 amide bonds. The molecule has 0 saturated carbocycles. The summed E-state index contributed by atoms with van der Waals surface area (Å²) in [6.07, 6.45) is 3.46. The van der Waals surface area contributed by atoms with E-state index in [2.05, 4.69) is 20.8 Å². The lowest BCUT2D eigenvalue weighted by atomic mass is 10.3. The standard InChI is InChI=1S/C14H12ClN5OS2/c1-21-10-4-2-3-9(7-10)17-13(22)19-16-8-11-12(15)18-14-20(11)5-6-23-14/h2-8H,1H3,(H2,17,19,22)/b16-8+. The molecule has 2 heterocycles. The molecule has 0 spiro atoms. The lowest BCUT2D eigenvalue weighted by Crippen LogP contribution is -2.23. The summed E-state index contributed by atoms with van der Waals surface area (Å²) in [7, 11) is 1.61. The summed E-state index contributed by atoms with van der Waals surface area (Å²) in [5.41, 5.74) is 4.24. The second-order valence-corrected chi connectivity index (χ2v) is 6.04. The Morgan fingerprint density at radius 3 is 3.22 bits per heavy atom. The molecule has 3 rings (SSSR count). The molecule has 6 nitrogen and oxygen atoms in total. The molecule has 0 atom stereocenters. The van der Waals surface area contributed by atoms with E-state index in [4.69, 9.17) is 28.6 Å². The maximum absolute atomic E-state index is 6.08. The summed E-state index contributed by atoms with van der Waals surface area (Å²) < 4.78 is 7.01. The molecule has 0 saturated heterocycles. The van der Waals surface area contributed by atoms with Gasteiger partial charge in [0.2, 0.25) is 0 Å². The van der Waals surface area contributed by atoms with Gasteiger partial charge in [0.15, 0.2) is 15.2 Å². The number of fused-ring (bicyclic) bond motifs is 1. The maximum Gasteiger partial charge on any atom is 0.195 e. The van der Waals surface area contributed by atoms with Gasteiger partial charge in [0.05, 0.1) is 13.3 Å². The number of benzene rings is 1. The number of ether oxygens (including phenoxy) is 1. The predicted molar refractivity (Wildman–Crippen MR) is 98.0 cm³/mol. The van der Waals surface area contributed by atoms with Crippen LogP contribution >= 0.6 is 35.2 Å². The zero-order chi connectivity index (χ0) is 16.2. The molecule has 9 heteroatoms. The first-order valence-electron chi connectivity index (χ1n) is 6.52. The van der Waals surface area contributed by atoms with Crippen LogP contribution in [0.3, 0.4) is 0 Å². The van der Waals surface area contributed by atoms with Crippen molar-refractivity contribution in [2.24, 2.45) is 5.10 Å². The Morgan fingerprint density at radius 1 is 1.52 bits per heavy atom. The van der Waals surface area contributed by atoms with Gasteiger partial charge in [-0.05, 0) is 24.4 Å². The van der Waals surface area contributed by atoms with E-state index in [1.165, 1.54) is 11.3 Å². The average Bonchev–Trinajstić information content (AvgIpc) is 3.09. The molecule has 118 valence electrons. The number of thiazole rings is 1. The van der Waals surface area contributed by atoms with E-state index in [1.807, 2.05) is 40.2 Å². The van der Waals surface area contributed by atoms with Crippen molar-refractivity contribution in [1.29, 1.82) is 0 Å². The van der Waals surface area contributed by atoms with Crippen LogP contribution in [0.15, 0.2) is 40.9 Å². The van der Waals surface area contributed by atoms with Crippen LogP contribution in [0.4, 0.5) is 5.69 Å². The SMILES string of the molecule is COc1cccc(NC(=S)N/N=C/c2c(Cl)nc3sccn23)c1. The Hall–Kier alpha value is -2.16. The smallest absolute Gasteiger partial charge is 0.195 e. The van der Waals surface area contributed by atoms with E-state index in [0.29, 0.717) is 16.0 Å². The van der Waals surface area contributed by atoms with Crippen LogP contribution < -0.4 is 15.5 Å². The highest BCUT2D eigenvalue weighted by molar-refractivity contribution is 7.80. The van der Waals surface area contributed by atoms with Crippen molar-refractivity contribution < 1.29 is 4.74 Å². The highest BCUT2D eigenvalue weighted by atomic mass is 35.5. The molecule has 23 heavy (non-hydrogen) atoms. The quantitative estimate of drug-likeness (QED) is 0.421. The molecule has 0 aliphatic carbocycles. The summed E-state index contributed by atoms with van der Waals surface area (Å²) in [4.78, 5) is 5.04. The summed E-state index contributed by atoms with van der Waals surface area (Å²) >= 11 is 12.8. The van der Waals surface area contributed by atoms with Crippen molar-refractivity contribution in [1.82, 2.24) is 14.8 Å². The topological polar surface area (TPSA) is 63.0 Å². The van der Waals surface area contributed by atoms with Crippen molar-refractivity contribution in [3.8, 4) is 5.75 Å². The van der Waals surface area contributed by atoms with E-state index in [-0.39, 0.29) is 0 Å². The monoisotopic (exact) mass is 365 g/mol. The van der Waals surface area contributed by atoms with Gasteiger partial charge in [-0.15, -0.1) is 11.3 Å². The van der Waals surface area contributed by atoms with Crippen molar-refractivity contribution in [2.45, 2.75) is 0 Å². The van der Waals surface area contributed by atoms with Gasteiger partial charge in [0.1, 0.15) is 11.4 Å². The summed E-state index contributed by atoms with van der Waals surface area (Å²) in [6, 6.07) is 7.43. The third-order valence-corrected chi connectivity index (χ3v) is 4.16. The number of halogens is 1. The van der Waals surface area contributed by atoms with Crippen molar-refractivity contribution in [2.75, 3.05) is 12.4 Å². The van der Waals surface area contributed by atoms with Crippen LogP contribution in [0.2, 0.25) is 5.15 Å². The lowest BCUT2D eigenvalue weighted by Gasteiger charge is -2.08. The number of hydrogen-bond acceptors (Lipinski definition) is 5. The first-order chi connectivity index (χ1) is 11.2. The van der Waals surface area contributed by atoms with Gasteiger partial charge in [0.25, 0.3) is 0 Å². The highest BCUT2D eigenvalue weighted by Gasteiger charge is 2.08. The molecule has 0 radical (unpaired) electrons. The minimum absolute atomic E-state index is 0.358. The van der Waals surface area contributed by atoms with Crippen LogP contribution in [-0.2, 0) is 0 Å². The fraction of sp³-hybridized carbons (Fsp3) is 0.0714. The molecule has 0 bridgehead atoms. The van der Waals surface area contributed by atoms with Crippen LogP contribution in [0.25, 0.3) is 4.96 Å². The molecule has 0 unspecified atom stereocenters. The van der Waals surface area contributed by atoms with E-state index in [9.17, 15) is 0 Å². The van der Waals surface area contributed by atoms with Gasteiger partial charge >= 0.3 is 0 Å². The fourth-order valence-electron chi connectivity index (χ4n) is 1.90. The lowest BCUT2D eigenvalue weighted by molar-refractivity contribution is 0.415. The molecule has 2 aromatic heterocycles. The number of aromatic nitrogens is 2. The summed E-state index contributed by atoms with van der Waals surface area (Å²) in [6.45, 7) is 0. The number of thiocarbonyl (C=S) groups is 1. The van der Waals surface area contributed by atoms with Gasteiger partial charge in [-0.25, -0.2) is 4.98 Å². The molecule has 0 fully saturated rings. The third-order valence-electron chi connectivity index (χ3n) is 2.93. The zero-order valence-corrected chi connectivity index (χ0v) is 14.4. The van der Waals surface area contributed by atoms with Crippen LogP contribution in [0.5, 0.6) is 5.75 Å². The first kappa shape index (κ1) is 15.7. The van der Waals surface area contributed by atoms with Gasteiger partial charge in [-0.3, -0.25) is 9.83 Å². The molecule has 0 aliphatic rings. The minimum Gasteiger partial charge on any atom is -0.497 e. The van der Waals surface area contributed by atoms with Gasteiger partial charge in [0, 0.05) is 23.3 Å². The van der Waals surface area contributed by atoms with E-state index in [1.54, 1.807) is 13.3 Å². The number of nitrogens with one attached hydrogen (secondary N) is 2. The largest absolute Gasteiger partial charge is 0.497 e. The maximum atomic E-state index is 6.08. The van der Waals surface area contributed by atoms with Crippen LogP contribution in [0.1, 0.15) is 5.69 Å². The third kappa shape index (κ3) is 3.61. The Labute approximate surface area is 146 Å². The Balaban J connectivity index is 1.64. The Morgan fingerprint density at radius 2 is 2.39 bits per heavy atom. The van der Waals surface area contributed by atoms with Gasteiger partial charge in [-0.2, -0.15) is 5.10 Å². The second-order valence-electron chi connectivity index (χ2n) is 4.40. The summed E-state index contributed by atoms with van der Waals surface area (Å²) in [5, 5.41) is 9.79. The molecular formula is C14H12ClN5OS2. The second kappa shape index (κ2) is 6.95. The predicted octanol–water partition coefficient (Wildman–Crippen LogP) is 3.38. The molecule has 0 aliphatic heterocycles. The van der Waals surface area contributed by atoms with Crippen LogP contribution in [-0.4, -0.2) is 27.8 Å². The van der Waals surface area contributed by atoms with Crippen molar-refractivity contribution in [3.63, 3.8) is 0 Å². The molecular weight excluding hydrogens is 354 g/mol. The van der Waals surface area contributed by atoms with Gasteiger partial charge in [-0.1, -0.05) is 17.7 Å². The molecule has 3 aromatic rings. The van der Waals surface area contributed by atoms with E-state index >= 15 is 0 Å². The minimum atomic E-state index is 0.358. The number of hydrogen-bond donors (Lipinski definition) is 2. The molecule has 1 aromatic carbocycles. The number of imidazole rings is 1.